The summed E-state index contributed by atoms with van der Waals surface area (Å²) in [5, 5.41) is 0. The molecule has 0 aromatic heterocycles. The zero-order valence-electron chi connectivity index (χ0n) is 8.86. The van der Waals surface area contributed by atoms with Crippen molar-refractivity contribution in [1.29, 1.82) is 0 Å². The molecular weight excluding hydrogens is 202 g/mol. The minimum Gasteiger partial charge on any atom is -0.395 e. The summed E-state index contributed by atoms with van der Waals surface area (Å²) < 4.78 is 34.7. The average Bonchev–Trinajstić information content (AvgIpc) is 2.48. The summed E-state index contributed by atoms with van der Waals surface area (Å²) in [6.45, 7) is 5.48. The molecule has 1 aromatic carbocycles. The number of benzene rings is 1. The van der Waals surface area contributed by atoms with Crippen LogP contribution in [-0.2, 0) is 6.42 Å². The lowest BCUT2D eigenvalue weighted by Gasteiger charge is -2.08. The lowest BCUT2D eigenvalue weighted by Crippen LogP contribution is -2.26. The first-order valence-corrected chi connectivity index (χ1v) is 4.83. The van der Waals surface area contributed by atoms with E-state index in [1.807, 2.05) is 13.0 Å². The van der Waals surface area contributed by atoms with Gasteiger partial charge in [0.05, 0.1) is 0 Å². The molecule has 1 aliphatic rings. The van der Waals surface area contributed by atoms with E-state index in [4.69, 9.17) is 0 Å². The van der Waals surface area contributed by atoms with Crippen molar-refractivity contribution in [3.05, 3.63) is 22.8 Å². The standard InChI is InChI=1S/C11H12F2O2/c1-4-8-5-6(2)9-10(7(8)3)15-11(12,13)14-9/h5H,4H2,1-3H3. The van der Waals surface area contributed by atoms with Crippen LogP contribution in [-0.4, -0.2) is 6.29 Å². The van der Waals surface area contributed by atoms with Crippen molar-refractivity contribution < 1.29 is 18.3 Å². The van der Waals surface area contributed by atoms with Crippen LogP contribution in [0.2, 0.25) is 0 Å². The van der Waals surface area contributed by atoms with Gasteiger partial charge in [0.2, 0.25) is 0 Å². The molecular formula is C11H12F2O2. The van der Waals surface area contributed by atoms with Crippen molar-refractivity contribution in [2.45, 2.75) is 33.5 Å². The Kier molecular flexibility index (Phi) is 2.10. The van der Waals surface area contributed by atoms with E-state index in [-0.39, 0.29) is 11.5 Å². The second kappa shape index (κ2) is 3.08. The van der Waals surface area contributed by atoms with Crippen LogP contribution in [0.5, 0.6) is 11.5 Å². The summed E-state index contributed by atoms with van der Waals surface area (Å²) in [6, 6.07) is 1.86. The maximum Gasteiger partial charge on any atom is 0.586 e. The summed E-state index contributed by atoms with van der Waals surface area (Å²) in [7, 11) is 0. The molecule has 0 atom stereocenters. The minimum atomic E-state index is -3.52. The highest BCUT2D eigenvalue weighted by Crippen LogP contribution is 2.46. The molecule has 4 heteroatoms. The van der Waals surface area contributed by atoms with E-state index in [2.05, 4.69) is 9.47 Å². The summed E-state index contributed by atoms with van der Waals surface area (Å²) >= 11 is 0. The highest BCUT2D eigenvalue weighted by molar-refractivity contribution is 5.56. The molecule has 0 N–H and O–H groups in total. The Morgan fingerprint density at radius 3 is 2.40 bits per heavy atom. The first-order valence-electron chi connectivity index (χ1n) is 4.83. The van der Waals surface area contributed by atoms with Crippen LogP contribution in [0.25, 0.3) is 0 Å². The molecule has 0 saturated heterocycles. The Morgan fingerprint density at radius 1 is 1.20 bits per heavy atom. The lowest BCUT2D eigenvalue weighted by molar-refractivity contribution is -0.287. The van der Waals surface area contributed by atoms with E-state index in [0.717, 1.165) is 17.5 Å². The van der Waals surface area contributed by atoms with E-state index in [1.165, 1.54) is 0 Å². The molecule has 82 valence electrons. The van der Waals surface area contributed by atoms with Crippen LogP contribution < -0.4 is 9.47 Å². The summed E-state index contributed by atoms with van der Waals surface area (Å²) in [4.78, 5) is 0. The molecule has 0 unspecified atom stereocenters. The van der Waals surface area contributed by atoms with Crippen molar-refractivity contribution in [2.75, 3.05) is 0 Å². The molecule has 0 saturated carbocycles. The predicted octanol–water partition coefficient (Wildman–Crippen LogP) is 3.19. The van der Waals surface area contributed by atoms with Crippen molar-refractivity contribution in [3.63, 3.8) is 0 Å². The lowest BCUT2D eigenvalue weighted by atomic mass is 10.0. The fourth-order valence-electron chi connectivity index (χ4n) is 1.81. The van der Waals surface area contributed by atoms with Gasteiger partial charge in [-0.3, -0.25) is 0 Å². The number of fused-ring (bicyclic) bond motifs is 1. The van der Waals surface area contributed by atoms with Gasteiger partial charge in [-0.2, -0.15) is 0 Å². The van der Waals surface area contributed by atoms with Gasteiger partial charge < -0.3 is 9.47 Å². The van der Waals surface area contributed by atoms with Gasteiger partial charge in [-0.15, -0.1) is 8.78 Å². The SMILES string of the molecule is CCc1cc(C)c2c(c1C)OC(F)(F)O2. The largest absolute Gasteiger partial charge is 0.586 e. The maximum atomic E-state index is 12.9. The number of aryl methyl sites for hydroxylation is 2. The zero-order chi connectivity index (χ0) is 11.2. The topological polar surface area (TPSA) is 18.5 Å². The van der Waals surface area contributed by atoms with Crippen LogP contribution in [0.1, 0.15) is 23.6 Å². The monoisotopic (exact) mass is 214 g/mol. The number of hydrogen-bond donors (Lipinski definition) is 0. The van der Waals surface area contributed by atoms with E-state index < -0.39 is 6.29 Å². The van der Waals surface area contributed by atoms with Crippen molar-refractivity contribution >= 4 is 0 Å². The van der Waals surface area contributed by atoms with Gasteiger partial charge in [0.1, 0.15) is 0 Å². The van der Waals surface area contributed by atoms with Gasteiger partial charge in [0.25, 0.3) is 0 Å². The molecule has 0 spiro atoms. The Labute approximate surface area is 86.8 Å². The van der Waals surface area contributed by atoms with Crippen LogP contribution in [0.3, 0.4) is 0 Å². The van der Waals surface area contributed by atoms with E-state index >= 15 is 0 Å². The molecule has 0 amide bonds. The normalized spacial score (nSPS) is 16.9. The number of rotatable bonds is 1. The molecule has 15 heavy (non-hydrogen) atoms. The van der Waals surface area contributed by atoms with Crippen LogP contribution >= 0.6 is 0 Å². The molecule has 0 bridgehead atoms. The Balaban J connectivity index is 2.58. The minimum absolute atomic E-state index is 0.162. The van der Waals surface area contributed by atoms with Gasteiger partial charge >= 0.3 is 6.29 Å². The third-order valence-corrected chi connectivity index (χ3v) is 2.60. The summed E-state index contributed by atoms with van der Waals surface area (Å²) in [6.07, 6.45) is -2.74. The molecule has 2 nitrogen and oxygen atoms in total. The molecule has 1 heterocycles. The Morgan fingerprint density at radius 2 is 1.80 bits per heavy atom. The quantitative estimate of drug-likeness (QED) is 0.714. The predicted molar refractivity (Wildman–Crippen MR) is 51.5 cm³/mol. The van der Waals surface area contributed by atoms with Gasteiger partial charge in [-0.1, -0.05) is 13.0 Å². The molecule has 1 aliphatic heterocycles. The summed E-state index contributed by atoms with van der Waals surface area (Å²) in [5.41, 5.74) is 2.42. The Hall–Kier alpha value is -1.32. The van der Waals surface area contributed by atoms with Gasteiger partial charge in [0.15, 0.2) is 11.5 Å². The molecule has 0 aliphatic carbocycles. The number of ether oxygens (including phenoxy) is 2. The highest BCUT2D eigenvalue weighted by atomic mass is 19.3. The molecule has 2 rings (SSSR count). The van der Waals surface area contributed by atoms with Gasteiger partial charge in [-0.05, 0) is 37.0 Å². The maximum absolute atomic E-state index is 12.9. The zero-order valence-corrected chi connectivity index (χ0v) is 8.86. The van der Waals surface area contributed by atoms with Gasteiger partial charge in [-0.25, -0.2) is 0 Å². The second-order valence-corrected chi connectivity index (χ2v) is 3.66. The third kappa shape index (κ3) is 1.54. The first kappa shape index (κ1) is 10.2. The summed E-state index contributed by atoms with van der Waals surface area (Å²) in [5.74, 6) is 0.339. The molecule has 0 fully saturated rings. The van der Waals surface area contributed by atoms with Crippen molar-refractivity contribution in [3.8, 4) is 11.5 Å². The fraction of sp³-hybridized carbons (Fsp3) is 0.455. The second-order valence-electron chi connectivity index (χ2n) is 3.66. The van der Waals surface area contributed by atoms with E-state index in [0.29, 0.717) is 5.56 Å². The van der Waals surface area contributed by atoms with E-state index in [1.54, 1.807) is 13.8 Å². The van der Waals surface area contributed by atoms with E-state index in [9.17, 15) is 8.78 Å². The van der Waals surface area contributed by atoms with Crippen LogP contribution in [0, 0.1) is 13.8 Å². The number of halogens is 2. The molecule has 0 radical (unpaired) electrons. The highest BCUT2D eigenvalue weighted by Gasteiger charge is 2.45. The Bertz CT molecular complexity index is 414. The average molecular weight is 214 g/mol. The van der Waals surface area contributed by atoms with Crippen LogP contribution in [0.4, 0.5) is 8.78 Å². The third-order valence-electron chi connectivity index (χ3n) is 2.60. The molecule has 1 aromatic rings. The smallest absolute Gasteiger partial charge is 0.395 e. The van der Waals surface area contributed by atoms with Crippen molar-refractivity contribution in [1.82, 2.24) is 0 Å². The van der Waals surface area contributed by atoms with Gasteiger partial charge in [0, 0.05) is 0 Å². The first-order chi connectivity index (χ1) is 6.94. The van der Waals surface area contributed by atoms with Crippen molar-refractivity contribution in [2.24, 2.45) is 0 Å². The van der Waals surface area contributed by atoms with Crippen LogP contribution in [0.15, 0.2) is 6.07 Å². The fourth-order valence-corrected chi connectivity index (χ4v) is 1.81. The number of hydrogen-bond acceptors (Lipinski definition) is 2. The number of alkyl halides is 2.